The van der Waals surface area contributed by atoms with E-state index in [-0.39, 0.29) is 5.78 Å². The molecule has 1 saturated heterocycles. The van der Waals surface area contributed by atoms with Gasteiger partial charge in [-0.15, -0.1) is 0 Å². The lowest BCUT2D eigenvalue weighted by molar-refractivity contribution is -0.119. The van der Waals surface area contributed by atoms with Crippen LogP contribution in [-0.4, -0.2) is 74.6 Å². The van der Waals surface area contributed by atoms with Gasteiger partial charge in [0.25, 0.3) is 0 Å². The third kappa shape index (κ3) is 5.18. The van der Waals surface area contributed by atoms with Gasteiger partial charge in [0.05, 0.1) is 26.3 Å². The molecule has 32 heavy (non-hydrogen) atoms. The normalized spacial score (nSPS) is 15.0. The number of carbonyl (C=O) groups is 1. The molecule has 7 nitrogen and oxygen atoms in total. The molecule has 2 aromatic carbocycles. The number of likely N-dealkylation sites (N-methyl/N-ethyl adjacent to an activating group) is 1. The van der Waals surface area contributed by atoms with Gasteiger partial charge in [-0.2, -0.15) is 0 Å². The fraction of sp³-hybridized carbons (Fsp3) is 0.360. The van der Waals surface area contributed by atoms with Gasteiger partial charge in [-0.3, -0.25) is 14.7 Å². The zero-order chi connectivity index (χ0) is 22.5. The summed E-state index contributed by atoms with van der Waals surface area (Å²) in [7, 11) is 5.32. The molecule has 2 heterocycles. The summed E-state index contributed by atoms with van der Waals surface area (Å²) in [5, 5.41) is 0.830. The Bertz CT molecular complexity index is 1080. The number of carbonyl (C=O) groups excluding carboxylic acids is 1. The van der Waals surface area contributed by atoms with E-state index in [2.05, 4.69) is 21.8 Å². The van der Waals surface area contributed by atoms with Crippen LogP contribution in [0.25, 0.3) is 10.9 Å². The number of hydrogen-bond donors (Lipinski definition) is 0. The van der Waals surface area contributed by atoms with Crippen molar-refractivity contribution in [2.45, 2.75) is 6.42 Å². The number of rotatable bonds is 8. The van der Waals surface area contributed by atoms with Crippen LogP contribution in [0.1, 0.15) is 5.56 Å². The minimum absolute atomic E-state index is 0.240. The van der Waals surface area contributed by atoms with E-state index in [1.54, 1.807) is 20.4 Å². The average molecular weight is 436 g/mol. The molecule has 0 bridgehead atoms. The first-order valence-corrected chi connectivity index (χ1v) is 10.8. The first kappa shape index (κ1) is 22.0. The van der Waals surface area contributed by atoms with Crippen molar-refractivity contribution < 1.29 is 19.0 Å². The van der Waals surface area contributed by atoms with E-state index in [1.165, 1.54) is 0 Å². The van der Waals surface area contributed by atoms with Crippen LogP contribution in [0.3, 0.4) is 0 Å². The first-order chi connectivity index (χ1) is 15.6. The molecule has 0 unspecified atom stereocenters. The summed E-state index contributed by atoms with van der Waals surface area (Å²) >= 11 is 0. The van der Waals surface area contributed by atoms with E-state index < -0.39 is 0 Å². The Labute approximate surface area is 188 Å². The molecule has 0 saturated carbocycles. The minimum Gasteiger partial charge on any atom is -0.493 e. The highest BCUT2D eigenvalue weighted by Gasteiger charge is 2.17. The molecular weight excluding hydrogens is 406 g/mol. The van der Waals surface area contributed by atoms with Crippen LogP contribution >= 0.6 is 0 Å². The largest absolute Gasteiger partial charge is 0.493 e. The van der Waals surface area contributed by atoms with Gasteiger partial charge < -0.3 is 19.1 Å². The molecule has 0 aliphatic carbocycles. The highest BCUT2D eigenvalue weighted by molar-refractivity contribution is 5.88. The topological polar surface area (TPSA) is 64.1 Å². The molecule has 1 aliphatic heterocycles. The van der Waals surface area contributed by atoms with Crippen LogP contribution in [0.4, 0.5) is 0 Å². The molecule has 1 fully saturated rings. The highest BCUT2D eigenvalue weighted by atomic mass is 16.5. The molecule has 0 amide bonds. The summed E-state index contributed by atoms with van der Waals surface area (Å²) in [5.74, 6) is 2.85. The number of piperazine rings is 1. The van der Waals surface area contributed by atoms with E-state index in [4.69, 9.17) is 14.2 Å². The lowest BCUT2D eigenvalue weighted by Gasteiger charge is -2.31. The van der Waals surface area contributed by atoms with Crippen molar-refractivity contribution in [2.75, 3.05) is 54.0 Å². The van der Waals surface area contributed by atoms with Crippen molar-refractivity contribution in [3.63, 3.8) is 0 Å². The number of methoxy groups -OCH3 is 2. The van der Waals surface area contributed by atoms with Crippen LogP contribution in [0.15, 0.2) is 48.7 Å². The average Bonchev–Trinajstić information content (AvgIpc) is 2.81. The maximum absolute atomic E-state index is 12.5. The second-order valence-corrected chi connectivity index (χ2v) is 8.07. The number of nitrogens with zero attached hydrogens (tertiary/aromatic N) is 3. The van der Waals surface area contributed by atoms with E-state index in [0.29, 0.717) is 36.0 Å². The Morgan fingerprint density at radius 3 is 2.31 bits per heavy atom. The number of benzene rings is 2. The molecule has 0 N–H and O–H groups in total. The van der Waals surface area contributed by atoms with Crippen LogP contribution in [0.2, 0.25) is 0 Å². The fourth-order valence-corrected chi connectivity index (χ4v) is 3.88. The molecule has 4 rings (SSSR count). The lowest BCUT2D eigenvalue weighted by Crippen LogP contribution is -2.46. The number of ether oxygens (including phenoxy) is 3. The Morgan fingerprint density at radius 1 is 0.938 bits per heavy atom. The van der Waals surface area contributed by atoms with Gasteiger partial charge in [0.2, 0.25) is 0 Å². The molecule has 0 atom stereocenters. The number of aromatic nitrogens is 1. The van der Waals surface area contributed by atoms with Crippen molar-refractivity contribution in [1.29, 1.82) is 0 Å². The maximum Gasteiger partial charge on any atom is 0.162 e. The summed E-state index contributed by atoms with van der Waals surface area (Å²) in [6, 6.07) is 13.2. The van der Waals surface area contributed by atoms with Crippen LogP contribution < -0.4 is 14.2 Å². The number of pyridine rings is 1. The quantitative estimate of drug-likeness (QED) is 0.537. The van der Waals surface area contributed by atoms with E-state index in [1.807, 2.05) is 42.5 Å². The van der Waals surface area contributed by atoms with Crippen molar-refractivity contribution in [1.82, 2.24) is 14.8 Å². The van der Waals surface area contributed by atoms with Gasteiger partial charge in [0.15, 0.2) is 17.3 Å². The first-order valence-electron chi connectivity index (χ1n) is 10.8. The predicted octanol–water partition coefficient (Wildman–Crippen LogP) is 3.40. The Balaban J connectivity index is 1.42. The van der Waals surface area contributed by atoms with Crippen molar-refractivity contribution in [3.8, 4) is 23.0 Å². The third-order valence-corrected chi connectivity index (χ3v) is 5.76. The van der Waals surface area contributed by atoms with Gasteiger partial charge in [0, 0.05) is 50.2 Å². The van der Waals surface area contributed by atoms with Gasteiger partial charge in [0.1, 0.15) is 11.5 Å². The molecule has 0 spiro atoms. The fourth-order valence-electron chi connectivity index (χ4n) is 3.88. The second-order valence-electron chi connectivity index (χ2n) is 8.07. The summed E-state index contributed by atoms with van der Waals surface area (Å²) in [6.45, 7) is 4.45. The molecule has 1 aromatic heterocycles. The molecular formula is C25H29N3O4. The third-order valence-electron chi connectivity index (χ3n) is 5.76. The SMILES string of the molecule is COc1cc2nccc(Oc3ccc(CC(=O)CN4CCN(C)CC4)cc3)c2cc1OC. The lowest BCUT2D eigenvalue weighted by atomic mass is 10.1. The molecule has 3 aromatic rings. The van der Waals surface area contributed by atoms with E-state index >= 15 is 0 Å². The molecule has 0 radical (unpaired) electrons. The number of ketones is 1. The van der Waals surface area contributed by atoms with Gasteiger partial charge >= 0.3 is 0 Å². The summed E-state index contributed by atoms with van der Waals surface area (Å²) in [5.41, 5.74) is 1.74. The van der Waals surface area contributed by atoms with Crippen molar-refractivity contribution >= 4 is 16.7 Å². The summed E-state index contributed by atoms with van der Waals surface area (Å²) in [6.07, 6.45) is 2.14. The number of fused-ring (bicyclic) bond motifs is 1. The van der Waals surface area contributed by atoms with Crippen LogP contribution in [0, 0.1) is 0 Å². The number of Topliss-reactive ketones (excluding diaryl/α,β-unsaturated/α-hetero) is 1. The zero-order valence-corrected chi connectivity index (χ0v) is 18.8. The van der Waals surface area contributed by atoms with Crippen LogP contribution in [0.5, 0.6) is 23.0 Å². The van der Waals surface area contributed by atoms with Gasteiger partial charge in [-0.1, -0.05) is 12.1 Å². The highest BCUT2D eigenvalue weighted by Crippen LogP contribution is 2.36. The molecule has 1 aliphatic rings. The summed E-state index contributed by atoms with van der Waals surface area (Å²) < 4.78 is 16.9. The van der Waals surface area contributed by atoms with Crippen molar-refractivity contribution in [2.24, 2.45) is 0 Å². The van der Waals surface area contributed by atoms with Crippen LogP contribution in [-0.2, 0) is 11.2 Å². The minimum atomic E-state index is 0.240. The Hall–Kier alpha value is -3.16. The van der Waals surface area contributed by atoms with Crippen molar-refractivity contribution in [3.05, 3.63) is 54.2 Å². The van der Waals surface area contributed by atoms with Gasteiger partial charge in [-0.25, -0.2) is 0 Å². The molecule has 168 valence electrons. The smallest absolute Gasteiger partial charge is 0.162 e. The maximum atomic E-state index is 12.5. The van der Waals surface area contributed by atoms with Gasteiger partial charge in [-0.05, 0) is 36.9 Å². The van der Waals surface area contributed by atoms with E-state index in [9.17, 15) is 4.79 Å². The summed E-state index contributed by atoms with van der Waals surface area (Å²) in [4.78, 5) is 21.4. The standard InChI is InChI=1S/C25H29N3O4/c1-27-10-12-28(13-11-27)17-19(29)14-18-4-6-20(7-5-18)32-23-8-9-26-22-16-25(31-3)24(30-2)15-21(22)23/h4-9,15-16H,10-14,17H2,1-3H3. The predicted molar refractivity (Wildman–Crippen MR) is 124 cm³/mol. The Morgan fingerprint density at radius 2 is 1.62 bits per heavy atom. The zero-order valence-electron chi connectivity index (χ0n) is 18.8. The number of hydrogen-bond acceptors (Lipinski definition) is 7. The van der Waals surface area contributed by atoms with E-state index in [0.717, 1.165) is 42.6 Å². The molecule has 7 heteroatoms. The Kier molecular flexibility index (Phi) is 6.87. The monoisotopic (exact) mass is 435 g/mol. The second kappa shape index (κ2) is 9.97.